The predicted molar refractivity (Wildman–Crippen MR) is 180 cm³/mol. The second-order valence-corrected chi connectivity index (χ2v) is 14.4. The van der Waals surface area contributed by atoms with Gasteiger partial charge in [-0.1, -0.05) is 78.9 Å². The molecule has 0 aromatic heterocycles. The maximum Gasteiger partial charge on any atom is 0.264 e. The second-order valence-electron chi connectivity index (χ2n) is 12.6. The minimum Gasteiger partial charge on any atom is -0.350 e. The van der Waals surface area contributed by atoms with E-state index >= 15 is 0 Å². The molecule has 7 nitrogen and oxygen atoms in total. The molecule has 0 bridgehead atoms. The highest BCUT2D eigenvalue weighted by molar-refractivity contribution is 7.92. The summed E-state index contributed by atoms with van der Waals surface area (Å²) in [6.07, 6.45) is 0.259. The van der Waals surface area contributed by atoms with Crippen molar-refractivity contribution >= 4 is 27.5 Å². The number of anilines is 1. The first kappa shape index (κ1) is 33.5. The van der Waals surface area contributed by atoms with Gasteiger partial charge in [-0.3, -0.25) is 13.9 Å². The van der Waals surface area contributed by atoms with Gasteiger partial charge < -0.3 is 10.2 Å². The molecule has 4 aromatic rings. The lowest BCUT2D eigenvalue weighted by molar-refractivity contribution is -0.140. The van der Waals surface area contributed by atoms with E-state index in [-0.39, 0.29) is 23.8 Å². The molecule has 1 N–H and O–H groups in total. The van der Waals surface area contributed by atoms with Gasteiger partial charge in [-0.25, -0.2) is 8.42 Å². The van der Waals surface area contributed by atoms with E-state index in [1.807, 2.05) is 102 Å². The number of nitrogens with zero attached hydrogens (tertiary/aromatic N) is 2. The molecular formula is C37H43N3O4S. The molecular weight excluding hydrogens is 582 g/mol. The van der Waals surface area contributed by atoms with Gasteiger partial charge in [0.1, 0.15) is 12.6 Å². The number of aryl methyl sites for hydroxylation is 3. The Labute approximate surface area is 268 Å². The van der Waals surface area contributed by atoms with Gasteiger partial charge in [0.25, 0.3) is 10.0 Å². The summed E-state index contributed by atoms with van der Waals surface area (Å²) in [6, 6.07) is 30.0. The van der Waals surface area contributed by atoms with Gasteiger partial charge in [0.2, 0.25) is 11.8 Å². The van der Waals surface area contributed by atoms with E-state index in [1.54, 1.807) is 30.3 Å². The number of hydrogen-bond donors (Lipinski definition) is 1. The fourth-order valence-corrected chi connectivity index (χ4v) is 6.74. The molecule has 8 heteroatoms. The zero-order valence-corrected chi connectivity index (χ0v) is 27.8. The number of carbonyl (C=O) groups excluding carboxylic acids is 2. The molecule has 45 heavy (non-hydrogen) atoms. The molecule has 0 fully saturated rings. The van der Waals surface area contributed by atoms with Crippen molar-refractivity contribution in [1.82, 2.24) is 10.2 Å². The van der Waals surface area contributed by atoms with Crippen molar-refractivity contribution in [2.24, 2.45) is 0 Å². The Bertz CT molecular complexity index is 1710. The van der Waals surface area contributed by atoms with Crippen LogP contribution in [0.4, 0.5) is 5.69 Å². The van der Waals surface area contributed by atoms with Crippen molar-refractivity contribution in [2.75, 3.05) is 10.8 Å². The van der Waals surface area contributed by atoms with Crippen LogP contribution in [0.15, 0.2) is 108 Å². The molecule has 0 saturated heterocycles. The van der Waals surface area contributed by atoms with E-state index < -0.39 is 34.1 Å². The SMILES string of the molecule is Cc1cc(C)cc(N(CC(=O)N(Cc2ccccc2C)[C@@H](Cc2ccccc2)C(=O)NC(C)(C)C)S(=O)(=O)c2ccccc2)c1. The van der Waals surface area contributed by atoms with Crippen molar-refractivity contribution in [3.8, 4) is 0 Å². The molecule has 0 radical (unpaired) electrons. The van der Waals surface area contributed by atoms with Gasteiger partial charge in [0, 0.05) is 18.5 Å². The van der Waals surface area contributed by atoms with Crippen LogP contribution in [0.25, 0.3) is 0 Å². The first-order chi connectivity index (χ1) is 21.2. The molecule has 0 saturated carbocycles. The van der Waals surface area contributed by atoms with Crippen LogP contribution in [0.5, 0.6) is 0 Å². The number of carbonyl (C=O) groups is 2. The quantitative estimate of drug-likeness (QED) is 0.210. The highest BCUT2D eigenvalue weighted by Crippen LogP contribution is 2.27. The highest BCUT2D eigenvalue weighted by atomic mass is 32.2. The van der Waals surface area contributed by atoms with Crippen LogP contribution >= 0.6 is 0 Å². The molecule has 2 amide bonds. The Hall–Kier alpha value is -4.43. The predicted octanol–water partition coefficient (Wildman–Crippen LogP) is 6.36. The lowest BCUT2D eigenvalue weighted by Gasteiger charge is -2.35. The van der Waals surface area contributed by atoms with Gasteiger partial charge in [-0.15, -0.1) is 0 Å². The minimum absolute atomic E-state index is 0.0775. The van der Waals surface area contributed by atoms with E-state index in [9.17, 15) is 18.0 Å². The summed E-state index contributed by atoms with van der Waals surface area (Å²) in [4.78, 5) is 30.3. The van der Waals surface area contributed by atoms with Crippen molar-refractivity contribution in [1.29, 1.82) is 0 Å². The number of nitrogens with one attached hydrogen (secondary N) is 1. The monoisotopic (exact) mass is 625 g/mol. The molecule has 0 aliphatic heterocycles. The summed E-state index contributed by atoms with van der Waals surface area (Å²) in [6.45, 7) is 11.1. The largest absolute Gasteiger partial charge is 0.350 e. The maximum absolute atomic E-state index is 14.6. The molecule has 0 heterocycles. The molecule has 4 aromatic carbocycles. The van der Waals surface area contributed by atoms with Crippen molar-refractivity contribution < 1.29 is 18.0 Å². The first-order valence-electron chi connectivity index (χ1n) is 15.1. The summed E-state index contributed by atoms with van der Waals surface area (Å²) in [5, 5.41) is 3.07. The van der Waals surface area contributed by atoms with Gasteiger partial charge in [-0.05, 0) is 93.6 Å². The standard InChI is InChI=1S/C37H43N3O4S/c1-27-21-28(2)23-32(22-27)40(45(43,44)33-19-11-8-12-20-33)26-35(41)39(25-31-18-14-13-15-29(31)3)34(36(42)38-37(4,5)6)24-30-16-9-7-10-17-30/h7-23,34H,24-26H2,1-6H3,(H,38,42)/t34-/m0/s1. The summed E-state index contributed by atoms with van der Waals surface area (Å²) in [5.41, 5.74) is 4.30. The topological polar surface area (TPSA) is 86.8 Å². The summed E-state index contributed by atoms with van der Waals surface area (Å²) < 4.78 is 29.5. The third-order valence-electron chi connectivity index (χ3n) is 7.48. The Morgan fingerprint density at radius 3 is 1.91 bits per heavy atom. The summed E-state index contributed by atoms with van der Waals surface area (Å²) in [7, 11) is -4.15. The third-order valence-corrected chi connectivity index (χ3v) is 9.26. The van der Waals surface area contributed by atoms with Gasteiger partial charge in [0.15, 0.2) is 0 Å². The van der Waals surface area contributed by atoms with E-state index in [0.717, 1.165) is 32.1 Å². The number of benzene rings is 4. The Kier molecular flexibility index (Phi) is 10.5. The van der Waals surface area contributed by atoms with Gasteiger partial charge >= 0.3 is 0 Å². The van der Waals surface area contributed by atoms with Crippen LogP contribution in [-0.4, -0.2) is 43.3 Å². The number of rotatable bonds is 11. The fourth-order valence-electron chi connectivity index (χ4n) is 5.32. The van der Waals surface area contributed by atoms with E-state index in [1.165, 1.54) is 17.0 Å². The number of sulfonamides is 1. The van der Waals surface area contributed by atoms with E-state index in [2.05, 4.69) is 5.32 Å². The van der Waals surface area contributed by atoms with Crippen LogP contribution in [0.3, 0.4) is 0 Å². The Morgan fingerprint density at radius 1 is 0.778 bits per heavy atom. The molecule has 0 spiro atoms. The van der Waals surface area contributed by atoms with Crippen LogP contribution in [0, 0.1) is 20.8 Å². The molecule has 0 unspecified atom stereocenters. The number of hydrogen-bond acceptors (Lipinski definition) is 4. The minimum atomic E-state index is -4.15. The summed E-state index contributed by atoms with van der Waals surface area (Å²) in [5.74, 6) is -0.793. The average molecular weight is 626 g/mol. The lowest BCUT2D eigenvalue weighted by atomic mass is 10.00. The number of amides is 2. The van der Waals surface area contributed by atoms with Crippen molar-refractivity contribution in [3.63, 3.8) is 0 Å². The fraction of sp³-hybridized carbons (Fsp3) is 0.297. The smallest absolute Gasteiger partial charge is 0.264 e. The van der Waals surface area contributed by atoms with Crippen molar-refractivity contribution in [2.45, 2.75) is 71.0 Å². The van der Waals surface area contributed by atoms with E-state index in [0.29, 0.717) is 5.69 Å². The third kappa shape index (κ3) is 8.82. The van der Waals surface area contributed by atoms with Gasteiger partial charge in [-0.2, -0.15) is 0 Å². The molecule has 236 valence electrons. The highest BCUT2D eigenvalue weighted by Gasteiger charge is 2.35. The lowest BCUT2D eigenvalue weighted by Crippen LogP contribution is -2.56. The Balaban J connectivity index is 1.84. The Morgan fingerprint density at radius 2 is 1.33 bits per heavy atom. The van der Waals surface area contributed by atoms with Crippen LogP contribution in [0.2, 0.25) is 0 Å². The van der Waals surface area contributed by atoms with Crippen LogP contribution in [-0.2, 0) is 32.6 Å². The molecule has 1 atom stereocenters. The maximum atomic E-state index is 14.6. The normalized spacial score (nSPS) is 12.3. The second kappa shape index (κ2) is 14.1. The van der Waals surface area contributed by atoms with E-state index in [4.69, 9.17) is 0 Å². The van der Waals surface area contributed by atoms with Crippen LogP contribution in [0.1, 0.15) is 48.6 Å². The van der Waals surface area contributed by atoms with Crippen LogP contribution < -0.4 is 9.62 Å². The average Bonchev–Trinajstić information content (AvgIpc) is 2.98. The van der Waals surface area contributed by atoms with Crippen molar-refractivity contribution in [3.05, 3.63) is 131 Å². The zero-order valence-electron chi connectivity index (χ0n) is 26.9. The molecule has 4 rings (SSSR count). The summed E-state index contributed by atoms with van der Waals surface area (Å²) >= 11 is 0. The molecule has 0 aliphatic rings. The zero-order chi connectivity index (χ0) is 32.8. The molecule has 0 aliphatic carbocycles. The van der Waals surface area contributed by atoms with Gasteiger partial charge in [0.05, 0.1) is 10.6 Å². The first-order valence-corrected chi connectivity index (χ1v) is 16.5.